The Hall–Kier alpha value is -4.43. The molecule has 14 heteroatoms. The summed E-state index contributed by atoms with van der Waals surface area (Å²) in [5.41, 5.74) is 0.209. The fraction of sp³-hybridized carbons (Fsp3) is 0.472. The molecule has 0 bridgehead atoms. The number of anilines is 1. The van der Waals surface area contributed by atoms with Gasteiger partial charge in [0.1, 0.15) is 23.1 Å². The molecule has 0 spiro atoms. The van der Waals surface area contributed by atoms with Gasteiger partial charge in [-0.15, -0.1) is 0 Å². The van der Waals surface area contributed by atoms with Crippen molar-refractivity contribution < 1.29 is 28.2 Å². The maximum atomic E-state index is 16.1. The van der Waals surface area contributed by atoms with Crippen molar-refractivity contribution in [3.8, 4) is 22.7 Å². The first kappa shape index (κ1) is 36.8. The molecule has 1 amide bonds. The Morgan fingerprint density at radius 1 is 1.12 bits per heavy atom. The normalized spacial score (nSPS) is 15.7. The number of halogens is 2. The number of fused-ring (bicyclic) bond motifs is 1. The SMILES string of the molecule is CC(C)c1nccc(CCCO[Si](C)(C)C(C)(C)C)c1-n1c(=O)nc(N2CCN(C(=O)O)C[C@@H]2C)c2cc(F)c(-c3c(O)cccc3F)nc21. The van der Waals surface area contributed by atoms with Gasteiger partial charge in [0.25, 0.3) is 0 Å². The Morgan fingerprint density at radius 2 is 1.84 bits per heavy atom. The second-order valence-corrected chi connectivity index (χ2v) is 19.5. The van der Waals surface area contributed by atoms with Crippen molar-refractivity contribution in [3.63, 3.8) is 0 Å². The number of aromatic nitrogens is 4. The van der Waals surface area contributed by atoms with Crippen LogP contribution in [0.3, 0.4) is 0 Å². The Kier molecular flexibility index (Phi) is 10.4. The zero-order chi connectivity index (χ0) is 36.7. The van der Waals surface area contributed by atoms with Crippen molar-refractivity contribution in [2.45, 2.75) is 84.5 Å². The number of phenolic OH excluding ortho intramolecular Hbond substituents is 1. The van der Waals surface area contributed by atoms with E-state index in [0.717, 1.165) is 17.7 Å². The molecule has 11 nitrogen and oxygen atoms in total. The molecule has 0 saturated carbocycles. The van der Waals surface area contributed by atoms with Crippen LogP contribution < -0.4 is 10.6 Å². The van der Waals surface area contributed by atoms with Gasteiger partial charge in [0, 0.05) is 38.5 Å². The topological polar surface area (TPSA) is 134 Å². The first-order valence-corrected chi connectivity index (χ1v) is 19.8. The average Bonchev–Trinajstić information content (AvgIpc) is 3.02. The summed E-state index contributed by atoms with van der Waals surface area (Å²) in [5, 5.41) is 20.4. The molecule has 1 aromatic carbocycles. The first-order chi connectivity index (χ1) is 23.4. The number of hydrogen-bond donors (Lipinski definition) is 2. The van der Waals surface area contributed by atoms with Crippen LogP contribution in [0.1, 0.15) is 65.1 Å². The number of carbonyl (C=O) groups is 1. The van der Waals surface area contributed by atoms with Gasteiger partial charge in [0.15, 0.2) is 19.8 Å². The molecule has 0 unspecified atom stereocenters. The largest absolute Gasteiger partial charge is 0.507 e. The van der Waals surface area contributed by atoms with Gasteiger partial charge in [-0.25, -0.2) is 27.9 Å². The van der Waals surface area contributed by atoms with E-state index < -0.39 is 54.8 Å². The molecule has 4 aromatic rings. The van der Waals surface area contributed by atoms with Crippen LogP contribution in [0.4, 0.5) is 19.4 Å². The molecule has 1 atom stereocenters. The molecule has 3 aromatic heterocycles. The van der Waals surface area contributed by atoms with E-state index in [-0.39, 0.29) is 47.4 Å². The molecular weight excluding hydrogens is 663 g/mol. The summed E-state index contributed by atoms with van der Waals surface area (Å²) in [7, 11) is -2.00. The van der Waals surface area contributed by atoms with Gasteiger partial charge in [-0.2, -0.15) is 4.98 Å². The summed E-state index contributed by atoms with van der Waals surface area (Å²) in [6, 6.07) is 6.20. The zero-order valence-electron chi connectivity index (χ0n) is 29.9. The predicted octanol–water partition coefficient (Wildman–Crippen LogP) is 7.09. The molecule has 0 aliphatic carbocycles. The number of rotatable bonds is 9. The van der Waals surface area contributed by atoms with E-state index in [9.17, 15) is 19.8 Å². The predicted molar refractivity (Wildman–Crippen MR) is 192 cm³/mol. The van der Waals surface area contributed by atoms with Gasteiger partial charge in [-0.05, 0) is 73.6 Å². The van der Waals surface area contributed by atoms with Gasteiger partial charge in [0.05, 0.1) is 22.3 Å². The van der Waals surface area contributed by atoms with Crippen LogP contribution in [0.25, 0.3) is 28.0 Å². The van der Waals surface area contributed by atoms with Crippen molar-refractivity contribution in [2.24, 2.45) is 0 Å². The van der Waals surface area contributed by atoms with Crippen LogP contribution >= 0.6 is 0 Å². The maximum absolute atomic E-state index is 16.1. The van der Waals surface area contributed by atoms with Crippen LogP contribution in [0.2, 0.25) is 18.1 Å². The third-order valence-electron chi connectivity index (χ3n) is 9.87. The van der Waals surface area contributed by atoms with E-state index in [1.54, 1.807) is 18.0 Å². The molecule has 5 rings (SSSR count). The lowest BCUT2D eigenvalue weighted by Gasteiger charge is -2.39. The summed E-state index contributed by atoms with van der Waals surface area (Å²) in [5.74, 6) is -2.34. The zero-order valence-corrected chi connectivity index (χ0v) is 30.9. The molecule has 1 aliphatic heterocycles. The van der Waals surface area contributed by atoms with Crippen LogP contribution in [0.15, 0.2) is 41.3 Å². The van der Waals surface area contributed by atoms with Crippen LogP contribution in [0, 0.1) is 11.6 Å². The Morgan fingerprint density at radius 3 is 2.46 bits per heavy atom. The number of phenols is 1. The summed E-state index contributed by atoms with van der Waals surface area (Å²) in [6.07, 6.45) is 1.81. The molecular formula is C36H46F2N6O5Si. The highest BCUT2D eigenvalue weighted by molar-refractivity contribution is 6.74. The van der Waals surface area contributed by atoms with Crippen molar-refractivity contribution in [2.75, 3.05) is 31.1 Å². The molecule has 0 radical (unpaired) electrons. The fourth-order valence-electron chi connectivity index (χ4n) is 6.10. The van der Waals surface area contributed by atoms with E-state index in [1.165, 1.54) is 21.6 Å². The van der Waals surface area contributed by atoms with Gasteiger partial charge >= 0.3 is 11.8 Å². The smallest absolute Gasteiger partial charge is 0.407 e. The summed E-state index contributed by atoms with van der Waals surface area (Å²) in [6.45, 7) is 17.6. The molecule has 2 N–H and O–H groups in total. The highest BCUT2D eigenvalue weighted by Gasteiger charge is 2.37. The number of benzene rings is 1. The maximum Gasteiger partial charge on any atom is 0.407 e. The summed E-state index contributed by atoms with van der Waals surface area (Å²) < 4.78 is 39.0. The number of piperazine rings is 1. The number of aromatic hydroxyl groups is 1. The molecule has 4 heterocycles. The lowest BCUT2D eigenvalue weighted by molar-refractivity contribution is 0.136. The molecule has 50 heavy (non-hydrogen) atoms. The van der Waals surface area contributed by atoms with E-state index in [1.807, 2.05) is 19.9 Å². The molecule has 1 aliphatic rings. The molecule has 1 fully saturated rings. The summed E-state index contributed by atoms with van der Waals surface area (Å²) >= 11 is 0. The highest BCUT2D eigenvalue weighted by atomic mass is 28.4. The second kappa shape index (κ2) is 14.1. The number of nitrogens with zero attached hydrogens (tertiary/aromatic N) is 6. The second-order valence-electron chi connectivity index (χ2n) is 14.7. The number of amides is 1. The summed E-state index contributed by atoms with van der Waals surface area (Å²) in [4.78, 5) is 42.8. The standard InChI is InChI=1S/C36H46F2N6O5Si/c1-21(2)29-31(23(14-15-39-29)11-10-18-49-50(7,8)36(4,5)6)44-33-24(19-26(38)30(40-33)28-25(37)12-9-13-27(28)45)32(41-34(44)46)43-17-16-42(35(47)48)20-22(43)3/h9,12-15,19,21-22,45H,10-11,16-18,20H2,1-8H3,(H,47,48)/t22-/m0/s1. The highest BCUT2D eigenvalue weighted by Crippen LogP contribution is 2.38. The number of aryl methyl sites for hydroxylation is 1. The Labute approximate surface area is 291 Å². The van der Waals surface area contributed by atoms with E-state index in [2.05, 4.69) is 48.8 Å². The third-order valence-corrected chi connectivity index (χ3v) is 14.4. The Balaban J connectivity index is 1.74. The van der Waals surface area contributed by atoms with Crippen molar-refractivity contribution >= 4 is 31.3 Å². The van der Waals surface area contributed by atoms with Crippen LogP contribution in [-0.2, 0) is 10.8 Å². The minimum Gasteiger partial charge on any atom is -0.507 e. The number of hydrogen-bond acceptors (Lipinski definition) is 8. The lowest BCUT2D eigenvalue weighted by atomic mass is 10.0. The van der Waals surface area contributed by atoms with Crippen molar-refractivity contribution in [1.82, 2.24) is 24.4 Å². The van der Waals surface area contributed by atoms with Gasteiger partial charge in [-0.1, -0.05) is 40.7 Å². The van der Waals surface area contributed by atoms with Crippen molar-refractivity contribution in [1.29, 1.82) is 0 Å². The Bertz CT molecular complexity index is 1960. The van der Waals surface area contributed by atoms with Gasteiger partial charge in [-0.3, -0.25) is 4.98 Å². The van der Waals surface area contributed by atoms with E-state index in [0.29, 0.717) is 30.8 Å². The van der Waals surface area contributed by atoms with Crippen molar-refractivity contribution in [3.05, 3.63) is 69.9 Å². The minimum absolute atomic E-state index is 0.000547. The number of pyridine rings is 2. The molecule has 1 saturated heterocycles. The van der Waals surface area contributed by atoms with E-state index >= 15 is 8.78 Å². The van der Waals surface area contributed by atoms with Crippen LogP contribution in [-0.4, -0.2) is 81.3 Å². The first-order valence-electron chi connectivity index (χ1n) is 16.9. The fourth-order valence-corrected chi connectivity index (χ4v) is 7.18. The molecule has 268 valence electrons. The van der Waals surface area contributed by atoms with E-state index in [4.69, 9.17) is 4.43 Å². The quantitative estimate of drug-likeness (QED) is 0.138. The average molecular weight is 709 g/mol. The minimum atomic E-state index is -2.00. The lowest BCUT2D eigenvalue weighted by Crippen LogP contribution is -2.54. The third kappa shape index (κ3) is 7.08. The van der Waals surface area contributed by atoms with Gasteiger partial charge < -0.3 is 24.4 Å². The van der Waals surface area contributed by atoms with Gasteiger partial charge in [0.2, 0.25) is 0 Å². The number of carboxylic acid groups (broad SMARTS) is 1. The van der Waals surface area contributed by atoms with Crippen LogP contribution in [0.5, 0.6) is 5.75 Å². The monoisotopic (exact) mass is 708 g/mol.